The van der Waals surface area contributed by atoms with E-state index in [1.165, 1.54) is 4.90 Å². The molecule has 0 aliphatic heterocycles. The molecule has 2 aromatic heterocycles. The third-order valence-corrected chi connectivity index (χ3v) is 3.62. The number of H-pyrrole nitrogens is 1. The molecule has 9 heteroatoms. The van der Waals surface area contributed by atoms with Crippen LogP contribution in [0.15, 0.2) is 35.3 Å². The van der Waals surface area contributed by atoms with Crippen LogP contribution in [0.2, 0.25) is 0 Å². The van der Waals surface area contributed by atoms with E-state index in [0.717, 1.165) is 13.0 Å². The Balaban J connectivity index is 1.69. The van der Waals surface area contributed by atoms with E-state index in [1.54, 1.807) is 36.1 Å². The molecular weight excluding hydrogens is 322 g/mol. The van der Waals surface area contributed by atoms with E-state index in [9.17, 15) is 9.59 Å². The van der Waals surface area contributed by atoms with Gasteiger partial charge in [-0.3, -0.25) is 14.8 Å². The lowest BCUT2D eigenvalue weighted by atomic mass is 10.2. The minimum Gasteiger partial charge on any atom is -0.320 e. The molecule has 0 spiro atoms. The maximum atomic E-state index is 12.3. The van der Waals surface area contributed by atoms with Gasteiger partial charge in [-0.1, -0.05) is 24.3 Å². The summed E-state index contributed by atoms with van der Waals surface area (Å²) in [5, 5.41) is 11.0. The second-order valence-electron chi connectivity index (χ2n) is 5.68. The molecule has 3 aromatic rings. The summed E-state index contributed by atoms with van der Waals surface area (Å²) >= 11 is 0. The van der Waals surface area contributed by atoms with Gasteiger partial charge in [-0.25, -0.2) is 9.78 Å². The SMILES string of the molecule is CCCn1cc(NC(=O)N(C)Cc2nc3ccccc3c(=O)[nH]2)nn1. The van der Waals surface area contributed by atoms with Crippen molar-refractivity contribution >= 4 is 22.8 Å². The van der Waals surface area contributed by atoms with E-state index in [1.807, 2.05) is 13.0 Å². The zero-order valence-corrected chi connectivity index (χ0v) is 14.1. The van der Waals surface area contributed by atoms with E-state index in [-0.39, 0.29) is 18.1 Å². The second kappa shape index (κ2) is 7.12. The Hall–Kier alpha value is -3.23. The summed E-state index contributed by atoms with van der Waals surface area (Å²) < 4.78 is 1.66. The van der Waals surface area contributed by atoms with Crippen LogP contribution in [0.25, 0.3) is 10.9 Å². The van der Waals surface area contributed by atoms with Gasteiger partial charge < -0.3 is 9.88 Å². The van der Waals surface area contributed by atoms with Crippen LogP contribution >= 0.6 is 0 Å². The molecule has 9 nitrogen and oxygen atoms in total. The standard InChI is InChI=1S/C16H19N7O2/c1-3-8-23-10-14(20-21-23)19-16(25)22(2)9-13-17-12-7-5-4-6-11(12)15(24)18-13/h4-7,10H,3,8-9H2,1-2H3,(H,19,25)(H,17,18,24). The van der Waals surface area contributed by atoms with Crippen LogP contribution in [-0.4, -0.2) is 42.9 Å². The van der Waals surface area contributed by atoms with Crippen molar-refractivity contribution < 1.29 is 4.79 Å². The molecule has 2 amide bonds. The van der Waals surface area contributed by atoms with Crippen molar-refractivity contribution in [1.82, 2.24) is 29.9 Å². The predicted octanol–water partition coefficient (Wildman–Crippen LogP) is 1.59. The quantitative estimate of drug-likeness (QED) is 0.732. The lowest BCUT2D eigenvalue weighted by Gasteiger charge is -2.16. The molecular formula is C16H19N7O2. The van der Waals surface area contributed by atoms with Crippen molar-refractivity contribution in [2.24, 2.45) is 0 Å². The Morgan fingerprint density at radius 1 is 1.36 bits per heavy atom. The van der Waals surface area contributed by atoms with E-state index >= 15 is 0 Å². The Kier molecular flexibility index (Phi) is 4.73. The Labute approximate surface area is 143 Å². The van der Waals surface area contributed by atoms with Gasteiger partial charge in [0.1, 0.15) is 5.82 Å². The second-order valence-corrected chi connectivity index (χ2v) is 5.68. The summed E-state index contributed by atoms with van der Waals surface area (Å²) in [6.45, 7) is 2.93. The summed E-state index contributed by atoms with van der Waals surface area (Å²) in [5.41, 5.74) is 0.370. The molecule has 0 bridgehead atoms. The van der Waals surface area contributed by atoms with Crippen LogP contribution in [-0.2, 0) is 13.1 Å². The minimum absolute atomic E-state index is 0.162. The van der Waals surface area contributed by atoms with Gasteiger partial charge in [0.15, 0.2) is 5.82 Å². The molecule has 3 rings (SSSR count). The van der Waals surface area contributed by atoms with Crippen LogP contribution < -0.4 is 10.9 Å². The smallest absolute Gasteiger partial charge is 0.320 e. The number of aryl methyl sites for hydroxylation is 1. The predicted molar refractivity (Wildman–Crippen MR) is 93.2 cm³/mol. The number of nitrogens with zero attached hydrogens (tertiary/aromatic N) is 5. The molecule has 25 heavy (non-hydrogen) atoms. The normalized spacial score (nSPS) is 10.8. The highest BCUT2D eigenvalue weighted by Gasteiger charge is 2.13. The van der Waals surface area contributed by atoms with E-state index in [4.69, 9.17) is 0 Å². The van der Waals surface area contributed by atoms with Crippen molar-refractivity contribution in [3.63, 3.8) is 0 Å². The molecule has 0 radical (unpaired) electrons. The number of carbonyl (C=O) groups is 1. The first-order chi connectivity index (χ1) is 12.1. The highest BCUT2D eigenvalue weighted by Crippen LogP contribution is 2.08. The summed E-state index contributed by atoms with van der Waals surface area (Å²) in [6, 6.07) is 6.71. The van der Waals surface area contributed by atoms with Crippen LogP contribution in [0, 0.1) is 0 Å². The van der Waals surface area contributed by atoms with Gasteiger partial charge >= 0.3 is 6.03 Å². The topological polar surface area (TPSA) is 109 Å². The number of rotatable bonds is 5. The van der Waals surface area contributed by atoms with Gasteiger partial charge in [0.25, 0.3) is 5.56 Å². The van der Waals surface area contributed by atoms with Crippen LogP contribution in [0.1, 0.15) is 19.2 Å². The fourth-order valence-corrected chi connectivity index (χ4v) is 2.41. The third kappa shape index (κ3) is 3.82. The molecule has 1 aromatic carbocycles. The minimum atomic E-state index is -0.362. The van der Waals surface area contributed by atoms with Gasteiger partial charge in [-0.2, -0.15) is 0 Å². The zero-order valence-electron chi connectivity index (χ0n) is 14.1. The number of aromatic nitrogens is 5. The van der Waals surface area contributed by atoms with Crippen molar-refractivity contribution in [3.8, 4) is 0 Å². The number of aromatic amines is 1. The maximum Gasteiger partial charge on any atom is 0.323 e. The first-order valence-electron chi connectivity index (χ1n) is 7.97. The molecule has 130 valence electrons. The highest BCUT2D eigenvalue weighted by atomic mass is 16.2. The molecule has 0 aliphatic carbocycles. The van der Waals surface area contributed by atoms with Crippen LogP contribution in [0.4, 0.5) is 10.6 Å². The average Bonchev–Trinajstić information content (AvgIpc) is 3.02. The van der Waals surface area contributed by atoms with Crippen molar-refractivity contribution in [3.05, 3.63) is 46.6 Å². The molecule has 2 N–H and O–H groups in total. The van der Waals surface area contributed by atoms with E-state index in [2.05, 4.69) is 25.6 Å². The fraction of sp³-hybridized carbons (Fsp3) is 0.312. The van der Waals surface area contributed by atoms with E-state index in [0.29, 0.717) is 22.5 Å². The first-order valence-corrected chi connectivity index (χ1v) is 7.97. The first kappa shape index (κ1) is 16.6. The lowest BCUT2D eigenvalue weighted by Crippen LogP contribution is -2.32. The monoisotopic (exact) mass is 341 g/mol. The number of nitrogens with one attached hydrogen (secondary N) is 2. The number of fused-ring (bicyclic) bond motifs is 1. The average molecular weight is 341 g/mol. The fourth-order valence-electron chi connectivity index (χ4n) is 2.41. The maximum absolute atomic E-state index is 12.3. The summed E-state index contributed by atoms with van der Waals surface area (Å²) in [4.78, 5) is 32.8. The van der Waals surface area contributed by atoms with Crippen molar-refractivity contribution in [2.75, 3.05) is 12.4 Å². The molecule has 0 aliphatic rings. The number of amides is 2. The summed E-state index contributed by atoms with van der Waals surface area (Å²) in [5.74, 6) is 0.793. The Morgan fingerprint density at radius 2 is 2.16 bits per heavy atom. The largest absolute Gasteiger partial charge is 0.323 e. The van der Waals surface area contributed by atoms with Gasteiger partial charge in [-0.15, -0.1) is 5.10 Å². The number of para-hydroxylation sites is 1. The molecule has 0 saturated heterocycles. The highest BCUT2D eigenvalue weighted by molar-refractivity contribution is 5.87. The molecule has 0 saturated carbocycles. The molecule has 0 fully saturated rings. The summed E-state index contributed by atoms with van der Waals surface area (Å²) in [6.07, 6.45) is 2.60. The zero-order chi connectivity index (χ0) is 17.8. The van der Waals surface area contributed by atoms with E-state index < -0.39 is 0 Å². The molecule has 2 heterocycles. The van der Waals surface area contributed by atoms with Gasteiger partial charge in [-0.05, 0) is 18.6 Å². The van der Waals surface area contributed by atoms with Gasteiger partial charge in [0.2, 0.25) is 0 Å². The Bertz CT molecular complexity index is 947. The van der Waals surface area contributed by atoms with Gasteiger partial charge in [0.05, 0.1) is 23.6 Å². The number of hydrogen-bond acceptors (Lipinski definition) is 5. The number of benzene rings is 1. The van der Waals surface area contributed by atoms with Crippen molar-refractivity contribution in [1.29, 1.82) is 0 Å². The Morgan fingerprint density at radius 3 is 2.96 bits per heavy atom. The molecule has 0 atom stereocenters. The number of anilines is 1. The summed E-state index contributed by atoms with van der Waals surface area (Å²) in [7, 11) is 1.61. The third-order valence-electron chi connectivity index (χ3n) is 3.62. The number of carbonyl (C=O) groups excluding carboxylic acids is 1. The van der Waals surface area contributed by atoms with Gasteiger partial charge in [0, 0.05) is 13.6 Å². The van der Waals surface area contributed by atoms with Crippen LogP contribution in [0.5, 0.6) is 0 Å². The van der Waals surface area contributed by atoms with Crippen molar-refractivity contribution in [2.45, 2.75) is 26.4 Å². The molecule has 0 unspecified atom stereocenters. The number of hydrogen-bond donors (Lipinski definition) is 2. The lowest BCUT2D eigenvalue weighted by molar-refractivity contribution is 0.219. The number of urea groups is 1. The van der Waals surface area contributed by atoms with Crippen LogP contribution in [0.3, 0.4) is 0 Å².